The van der Waals surface area contributed by atoms with E-state index in [4.69, 9.17) is 16.3 Å². The van der Waals surface area contributed by atoms with E-state index in [-0.39, 0.29) is 5.91 Å². The predicted molar refractivity (Wildman–Crippen MR) is 89.5 cm³/mol. The quantitative estimate of drug-likeness (QED) is 0.723. The highest BCUT2D eigenvalue weighted by molar-refractivity contribution is 6.31. The summed E-state index contributed by atoms with van der Waals surface area (Å²) in [5, 5.41) is 7.06. The van der Waals surface area contributed by atoms with Gasteiger partial charge in [-0.05, 0) is 69.0 Å². The minimum atomic E-state index is 0.113. The van der Waals surface area contributed by atoms with Crippen molar-refractivity contribution >= 4 is 17.5 Å². The first-order valence-corrected chi connectivity index (χ1v) is 8.39. The molecule has 0 aliphatic carbocycles. The summed E-state index contributed by atoms with van der Waals surface area (Å²) >= 11 is 5.97. The molecular formula is C17H25ClN2O2. The van der Waals surface area contributed by atoms with Gasteiger partial charge in [-0.2, -0.15) is 0 Å². The van der Waals surface area contributed by atoms with E-state index in [0.29, 0.717) is 13.0 Å². The van der Waals surface area contributed by atoms with Crippen LogP contribution in [0.5, 0.6) is 5.75 Å². The van der Waals surface area contributed by atoms with Crippen molar-refractivity contribution in [3.8, 4) is 5.75 Å². The summed E-state index contributed by atoms with van der Waals surface area (Å²) in [6.07, 6.45) is 3.53. The zero-order valence-corrected chi connectivity index (χ0v) is 13.9. The summed E-state index contributed by atoms with van der Waals surface area (Å²) in [7, 11) is 0. The molecule has 22 heavy (non-hydrogen) atoms. The maximum absolute atomic E-state index is 11.7. The van der Waals surface area contributed by atoms with Crippen LogP contribution in [0.1, 0.15) is 31.2 Å². The summed E-state index contributed by atoms with van der Waals surface area (Å²) in [5.74, 6) is 1.63. The lowest BCUT2D eigenvalue weighted by Gasteiger charge is -2.10. The third-order valence-electron chi connectivity index (χ3n) is 3.98. The van der Waals surface area contributed by atoms with Gasteiger partial charge in [0, 0.05) is 18.0 Å². The first-order chi connectivity index (χ1) is 10.6. The zero-order chi connectivity index (χ0) is 15.8. The Bertz CT molecular complexity index is 488. The van der Waals surface area contributed by atoms with Crippen LogP contribution in [-0.4, -0.2) is 32.1 Å². The number of benzene rings is 1. The number of ether oxygens (including phenoxy) is 1. The van der Waals surface area contributed by atoms with Crippen molar-refractivity contribution < 1.29 is 9.53 Å². The average molecular weight is 325 g/mol. The minimum absolute atomic E-state index is 0.113. The van der Waals surface area contributed by atoms with Gasteiger partial charge < -0.3 is 15.4 Å². The highest BCUT2D eigenvalue weighted by Crippen LogP contribution is 2.21. The molecule has 1 aromatic rings. The van der Waals surface area contributed by atoms with Crippen LogP contribution < -0.4 is 15.4 Å². The monoisotopic (exact) mass is 324 g/mol. The van der Waals surface area contributed by atoms with E-state index in [1.165, 1.54) is 6.42 Å². The number of nitrogens with one attached hydrogen (secondary N) is 2. The van der Waals surface area contributed by atoms with Gasteiger partial charge in [-0.15, -0.1) is 0 Å². The Kier molecular flexibility index (Phi) is 7.00. The topological polar surface area (TPSA) is 50.4 Å². The lowest BCUT2D eigenvalue weighted by Crippen LogP contribution is -2.26. The van der Waals surface area contributed by atoms with Crippen LogP contribution in [0.15, 0.2) is 18.2 Å². The number of carbonyl (C=O) groups is 1. The summed E-state index contributed by atoms with van der Waals surface area (Å²) in [5.41, 5.74) is 0.998. The number of carbonyl (C=O) groups excluding carboxylic acids is 1. The minimum Gasteiger partial charge on any atom is -0.494 e. The number of rotatable bonds is 8. The molecular weight excluding hydrogens is 300 g/mol. The van der Waals surface area contributed by atoms with Gasteiger partial charge in [0.25, 0.3) is 0 Å². The molecule has 4 nitrogen and oxygen atoms in total. The third kappa shape index (κ3) is 5.85. The number of halogens is 1. The fourth-order valence-electron chi connectivity index (χ4n) is 2.59. The van der Waals surface area contributed by atoms with E-state index in [9.17, 15) is 4.79 Å². The van der Waals surface area contributed by atoms with Crippen LogP contribution in [0.2, 0.25) is 5.02 Å². The molecule has 1 atom stereocenters. The average Bonchev–Trinajstić information content (AvgIpc) is 3.00. The first-order valence-electron chi connectivity index (χ1n) is 8.01. The summed E-state index contributed by atoms with van der Waals surface area (Å²) in [6, 6.07) is 5.60. The molecule has 1 unspecified atom stereocenters. The molecule has 0 bridgehead atoms. The second-order valence-electron chi connectivity index (χ2n) is 5.86. The molecule has 1 aliphatic heterocycles. The Morgan fingerprint density at radius 3 is 3.09 bits per heavy atom. The van der Waals surface area contributed by atoms with Crippen molar-refractivity contribution in [3.05, 3.63) is 28.8 Å². The van der Waals surface area contributed by atoms with Gasteiger partial charge >= 0.3 is 0 Å². The second-order valence-corrected chi connectivity index (χ2v) is 6.27. The Hall–Kier alpha value is -1.26. The molecule has 5 heteroatoms. The fourth-order valence-corrected chi connectivity index (χ4v) is 2.71. The molecule has 0 saturated carbocycles. The Morgan fingerprint density at radius 1 is 1.50 bits per heavy atom. The number of amides is 1. The van der Waals surface area contributed by atoms with Crippen molar-refractivity contribution in [3.63, 3.8) is 0 Å². The molecule has 2 rings (SSSR count). The second kappa shape index (κ2) is 9.01. The maximum Gasteiger partial charge on any atom is 0.220 e. The molecule has 0 spiro atoms. The normalized spacial score (nSPS) is 17.5. The van der Waals surface area contributed by atoms with Gasteiger partial charge in [-0.25, -0.2) is 0 Å². The molecule has 122 valence electrons. The van der Waals surface area contributed by atoms with Crippen molar-refractivity contribution in [2.75, 3.05) is 26.2 Å². The number of hydrogen-bond acceptors (Lipinski definition) is 3. The number of hydrogen-bond donors (Lipinski definition) is 2. The maximum atomic E-state index is 11.7. The zero-order valence-electron chi connectivity index (χ0n) is 13.2. The van der Waals surface area contributed by atoms with E-state index in [0.717, 1.165) is 54.7 Å². The molecule has 0 radical (unpaired) electrons. The molecule has 1 aromatic carbocycles. The highest BCUT2D eigenvalue weighted by atomic mass is 35.5. The van der Waals surface area contributed by atoms with Crippen LogP contribution >= 0.6 is 11.6 Å². The Balaban J connectivity index is 1.53. The van der Waals surface area contributed by atoms with E-state index >= 15 is 0 Å². The van der Waals surface area contributed by atoms with Crippen molar-refractivity contribution in [1.29, 1.82) is 0 Å². The summed E-state index contributed by atoms with van der Waals surface area (Å²) < 4.78 is 5.63. The molecule has 0 aromatic heterocycles. The Labute approximate surface area is 137 Å². The first kappa shape index (κ1) is 17.1. The van der Waals surface area contributed by atoms with Gasteiger partial charge in [-0.3, -0.25) is 4.79 Å². The van der Waals surface area contributed by atoms with E-state index in [2.05, 4.69) is 10.6 Å². The van der Waals surface area contributed by atoms with Gasteiger partial charge in [0.05, 0.1) is 6.61 Å². The van der Waals surface area contributed by atoms with Crippen LogP contribution in [0, 0.1) is 12.8 Å². The standard InChI is InChI=1S/C17H25ClN2O2/c1-13-11-15(4-5-16(13)18)22-10-2-3-17(21)20-9-7-14-6-8-19-12-14/h4-5,11,14,19H,2-3,6-10,12H2,1H3,(H,20,21). The van der Waals surface area contributed by atoms with Crippen LogP contribution in [0.25, 0.3) is 0 Å². The van der Waals surface area contributed by atoms with E-state index in [1.807, 2.05) is 25.1 Å². The van der Waals surface area contributed by atoms with E-state index < -0.39 is 0 Å². The summed E-state index contributed by atoms with van der Waals surface area (Å²) in [4.78, 5) is 11.7. The molecule has 2 N–H and O–H groups in total. The largest absolute Gasteiger partial charge is 0.494 e. The van der Waals surface area contributed by atoms with Gasteiger partial charge in [0.1, 0.15) is 5.75 Å². The van der Waals surface area contributed by atoms with Crippen molar-refractivity contribution in [1.82, 2.24) is 10.6 Å². The predicted octanol–water partition coefficient (Wildman–Crippen LogP) is 2.92. The van der Waals surface area contributed by atoms with Gasteiger partial charge in [0.2, 0.25) is 5.91 Å². The lowest BCUT2D eigenvalue weighted by atomic mass is 10.1. The van der Waals surface area contributed by atoms with E-state index in [1.54, 1.807) is 0 Å². The molecule has 1 amide bonds. The fraction of sp³-hybridized carbons (Fsp3) is 0.588. The third-order valence-corrected chi connectivity index (χ3v) is 4.41. The molecule has 1 aliphatic rings. The lowest BCUT2D eigenvalue weighted by molar-refractivity contribution is -0.121. The van der Waals surface area contributed by atoms with Gasteiger partial charge in [-0.1, -0.05) is 11.6 Å². The van der Waals surface area contributed by atoms with Crippen molar-refractivity contribution in [2.45, 2.75) is 32.6 Å². The smallest absolute Gasteiger partial charge is 0.220 e. The molecule has 1 fully saturated rings. The van der Waals surface area contributed by atoms with Crippen molar-refractivity contribution in [2.24, 2.45) is 5.92 Å². The molecule has 1 saturated heterocycles. The highest BCUT2D eigenvalue weighted by Gasteiger charge is 2.13. The molecule has 1 heterocycles. The summed E-state index contributed by atoms with van der Waals surface area (Å²) in [6.45, 7) is 5.47. The van der Waals surface area contributed by atoms with Crippen LogP contribution in [0.3, 0.4) is 0 Å². The Morgan fingerprint density at radius 2 is 2.36 bits per heavy atom. The number of aryl methyl sites for hydroxylation is 1. The van der Waals surface area contributed by atoms with Crippen LogP contribution in [-0.2, 0) is 4.79 Å². The SMILES string of the molecule is Cc1cc(OCCCC(=O)NCCC2CCNC2)ccc1Cl. The van der Waals surface area contributed by atoms with Gasteiger partial charge in [0.15, 0.2) is 0 Å². The van der Waals surface area contributed by atoms with Crippen LogP contribution in [0.4, 0.5) is 0 Å².